The number of esters is 2. The molecule has 76 heavy (non-hydrogen) atoms. The van der Waals surface area contributed by atoms with Crippen LogP contribution in [-0.4, -0.2) is 83.2 Å². The molecule has 12 heteroatoms. The van der Waals surface area contributed by atoms with E-state index in [2.05, 4.69) is 107 Å². The van der Waals surface area contributed by atoms with Gasteiger partial charge in [0, 0.05) is 87.8 Å². The second-order valence-electron chi connectivity index (χ2n) is 19.8. The predicted octanol–water partition coefficient (Wildman–Crippen LogP) is 11.6. The fourth-order valence-corrected chi connectivity index (χ4v) is 9.47. The van der Waals surface area contributed by atoms with E-state index in [-0.39, 0.29) is 35.5 Å². The van der Waals surface area contributed by atoms with Crippen LogP contribution in [-0.2, 0) is 46.5 Å². The van der Waals surface area contributed by atoms with Gasteiger partial charge in [-0.3, -0.25) is 14.4 Å². The molecule has 0 unspecified atom stereocenters. The summed E-state index contributed by atoms with van der Waals surface area (Å²) in [5.74, 6) is -0.861. The van der Waals surface area contributed by atoms with Gasteiger partial charge in [0.1, 0.15) is 5.78 Å². The number of amides is 2. The zero-order valence-corrected chi connectivity index (χ0v) is 44.6. The summed E-state index contributed by atoms with van der Waals surface area (Å²) >= 11 is 0. The number of hydrogen-bond acceptors (Lipinski definition) is 10. The van der Waals surface area contributed by atoms with Crippen molar-refractivity contribution in [1.82, 2.24) is 0 Å². The molecule has 0 radical (unpaired) electrons. The molecule has 2 aliphatic rings. The van der Waals surface area contributed by atoms with Crippen LogP contribution in [0.25, 0.3) is 34.4 Å². The van der Waals surface area contributed by atoms with Gasteiger partial charge < -0.3 is 34.2 Å². The molecule has 6 aromatic carbocycles. The first kappa shape index (κ1) is 55.7. The molecule has 2 aliphatic carbocycles. The first-order chi connectivity index (χ1) is 36.7. The highest BCUT2D eigenvalue weighted by Crippen LogP contribution is 2.32. The van der Waals surface area contributed by atoms with Crippen LogP contribution in [0.3, 0.4) is 0 Å². The zero-order chi connectivity index (χ0) is 54.1. The van der Waals surface area contributed by atoms with Crippen molar-refractivity contribution < 1.29 is 38.6 Å². The van der Waals surface area contributed by atoms with Gasteiger partial charge >= 0.3 is 11.9 Å². The third kappa shape index (κ3) is 15.5. The minimum Gasteiger partial charge on any atom is -0.466 e. The van der Waals surface area contributed by atoms with Gasteiger partial charge in [-0.25, -0.2) is 9.59 Å². The maximum absolute atomic E-state index is 13.8. The first-order valence-electron chi connectivity index (χ1n) is 26.0. The second-order valence-corrected chi connectivity index (χ2v) is 19.8. The fraction of sp³-hybridized carbons (Fsp3) is 0.297. The Labute approximate surface area is 447 Å². The summed E-state index contributed by atoms with van der Waals surface area (Å²) in [7, 11) is 10.8. The molecule has 6 aromatic rings. The van der Waals surface area contributed by atoms with Crippen molar-refractivity contribution in [3.05, 3.63) is 180 Å². The number of Topliss-reactive ketones (excluding diaryl/α,β-unsaturated/α-hetero) is 1. The SMILES string of the molecule is COC(=O)/C=C/c1cccc(N(Cc2ccc(-c3ccc(N(C)C)cc3)cc2)C(=O)C2CCC(=O)CC2)c1.COC(=O)/C=C/c1cccc(N(Cc2ccc(-c3ccc(N(C)C)cc3)cc2)C(=O)C2CCC(O)CC2)c1. The van der Waals surface area contributed by atoms with Crippen molar-refractivity contribution in [2.45, 2.75) is 70.6 Å². The largest absolute Gasteiger partial charge is 0.466 e. The Bertz CT molecular complexity index is 2960. The van der Waals surface area contributed by atoms with Gasteiger partial charge in [0.25, 0.3) is 0 Å². The monoisotopic (exact) mass is 1020 g/mol. The predicted molar refractivity (Wildman–Crippen MR) is 305 cm³/mol. The van der Waals surface area contributed by atoms with Crippen molar-refractivity contribution in [2.75, 3.05) is 62.0 Å². The van der Waals surface area contributed by atoms with E-state index < -0.39 is 11.9 Å². The molecule has 0 aromatic heterocycles. The standard InChI is InChI=1S/C32H36N2O4.C32H34N2O4/c2*1-33(2)28-16-12-26(13-17-28)25-10-7-24(8-11-25)22-34(32(37)27-14-18-30(35)19-15-27)29-6-4-5-23(21-29)9-20-31(36)38-3/h4-13,16-17,20-21,27,30,35H,14-15,18-19,22H2,1-3H3;4-13,16-17,20-21,27H,14-15,18-19,22H2,1-3H3/b2*20-9+. The van der Waals surface area contributed by atoms with Gasteiger partial charge in [-0.1, -0.05) is 97.1 Å². The Hall–Kier alpha value is -8.09. The quantitative estimate of drug-likeness (QED) is 0.0737. The average molecular weight is 1020 g/mol. The van der Waals surface area contributed by atoms with Gasteiger partial charge in [0.2, 0.25) is 11.8 Å². The number of ether oxygens (including phenoxy) is 2. The van der Waals surface area contributed by atoms with E-state index in [0.29, 0.717) is 64.5 Å². The molecule has 394 valence electrons. The lowest BCUT2D eigenvalue weighted by Crippen LogP contribution is -2.38. The number of aliphatic hydroxyl groups excluding tert-OH is 1. The normalized spacial score (nSPS) is 15.6. The Morgan fingerprint density at radius 3 is 1.20 bits per heavy atom. The van der Waals surface area contributed by atoms with Crippen molar-refractivity contribution in [2.24, 2.45) is 11.8 Å². The van der Waals surface area contributed by atoms with Crippen molar-refractivity contribution in [1.29, 1.82) is 0 Å². The van der Waals surface area contributed by atoms with E-state index in [0.717, 1.165) is 67.3 Å². The number of benzene rings is 6. The lowest BCUT2D eigenvalue weighted by atomic mass is 9.86. The third-order valence-electron chi connectivity index (χ3n) is 14.1. The van der Waals surface area contributed by atoms with E-state index in [1.54, 1.807) is 17.1 Å². The van der Waals surface area contributed by atoms with E-state index in [4.69, 9.17) is 9.47 Å². The Morgan fingerprint density at radius 2 is 0.842 bits per heavy atom. The van der Waals surface area contributed by atoms with E-state index in [9.17, 15) is 29.1 Å². The van der Waals surface area contributed by atoms with Gasteiger partial charge in [0.15, 0.2) is 0 Å². The summed E-state index contributed by atoms with van der Waals surface area (Å²) in [5.41, 5.74) is 12.0. The first-order valence-corrected chi connectivity index (χ1v) is 26.0. The number of methoxy groups -OCH3 is 2. The molecular formula is C64H70N4O8. The van der Waals surface area contributed by atoms with E-state index in [1.807, 2.05) is 81.6 Å². The molecule has 2 amide bonds. The number of carbonyl (C=O) groups excluding carboxylic acids is 5. The molecule has 1 N–H and O–H groups in total. The summed E-state index contributed by atoms with van der Waals surface area (Å²) < 4.78 is 9.39. The highest BCUT2D eigenvalue weighted by Gasteiger charge is 2.31. The van der Waals surface area contributed by atoms with Crippen LogP contribution < -0.4 is 19.6 Å². The highest BCUT2D eigenvalue weighted by molar-refractivity contribution is 5.97. The molecule has 0 atom stereocenters. The van der Waals surface area contributed by atoms with Crippen LogP contribution in [0.2, 0.25) is 0 Å². The maximum Gasteiger partial charge on any atom is 0.330 e. The molecule has 0 bridgehead atoms. The van der Waals surface area contributed by atoms with Crippen LogP contribution in [0.5, 0.6) is 0 Å². The summed E-state index contributed by atoms with van der Waals surface area (Å²) in [5, 5.41) is 9.95. The number of aliphatic hydroxyl groups is 1. The number of rotatable bonds is 16. The highest BCUT2D eigenvalue weighted by atomic mass is 16.5. The topological polar surface area (TPSA) is 137 Å². The molecule has 2 saturated carbocycles. The summed E-state index contributed by atoms with van der Waals surface area (Å²) in [6.45, 7) is 0.842. The van der Waals surface area contributed by atoms with Gasteiger partial charge in [-0.2, -0.15) is 0 Å². The number of ketones is 1. The van der Waals surface area contributed by atoms with Crippen LogP contribution in [0.4, 0.5) is 22.7 Å². The molecule has 2 fully saturated rings. The minimum absolute atomic E-state index is 0.0231. The number of anilines is 4. The number of hydrogen-bond donors (Lipinski definition) is 1. The minimum atomic E-state index is -0.438. The number of nitrogens with zero attached hydrogens (tertiary/aromatic N) is 4. The Morgan fingerprint density at radius 1 is 0.487 bits per heavy atom. The molecule has 0 heterocycles. The molecule has 8 rings (SSSR count). The molecule has 0 spiro atoms. The summed E-state index contributed by atoms with van der Waals surface area (Å²) in [6.07, 6.45) is 10.5. The van der Waals surface area contributed by atoms with Crippen molar-refractivity contribution in [3.63, 3.8) is 0 Å². The smallest absolute Gasteiger partial charge is 0.330 e. The van der Waals surface area contributed by atoms with Gasteiger partial charge in [0.05, 0.1) is 33.4 Å². The Kier molecular flexibility index (Phi) is 19.7. The molecule has 0 saturated heterocycles. The molecule has 0 aliphatic heterocycles. The lowest BCUT2D eigenvalue weighted by molar-refractivity contribution is -0.135. The third-order valence-corrected chi connectivity index (χ3v) is 14.1. The second kappa shape index (κ2) is 26.9. The Balaban J connectivity index is 0.000000221. The van der Waals surface area contributed by atoms with Crippen molar-refractivity contribution >= 4 is 64.4 Å². The zero-order valence-electron chi connectivity index (χ0n) is 44.6. The van der Waals surface area contributed by atoms with Gasteiger partial charge in [-0.05, 0) is 144 Å². The maximum atomic E-state index is 13.8. The van der Waals surface area contributed by atoms with Gasteiger partial charge in [-0.15, -0.1) is 0 Å². The average Bonchev–Trinajstić information content (AvgIpc) is 3.45. The van der Waals surface area contributed by atoms with E-state index in [1.165, 1.54) is 26.4 Å². The van der Waals surface area contributed by atoms with Crippen LogP contribution in [0.15, 0.2) is 158 Å². The molecule has 12 nitrogen and oxygen atoms in total. The van der Waals surface area contributed by atoms with E-state index >= 15 is 0 Å². The fourth-order valence-electron chi connectivity index (χ4n) is 9.47. The van der Waals surface area contributed by atoms with Crippen molar-refractivity contribution in [3.8, 4) is 22.3 Å². The lowest BCUT2D eigenvalue weighted by Gasteiger charge is -2.31. The van der Waals surface area contributed by atoms with Crippen LogP contribution in [0.1, 0.15) is 73.6 Å². The molecular weight excluding hydrogens is 953 g/mol. The summed E-state index contributed by atoms with van der Waals surface area (Å²) in [4.78, 5) is 70.2. The van der Waals surface area contributed by atoms with Crippen LogP contribution >= 0.6 is 0 Å². The number of carbonyl (C=O) groups is 5. The van der Waals surface area contributed by atoms with Crippen LogP contribution in [0, 0.1) is 11.8 Å². The summed E-state index contributed by atoms with van der Waals surface area (Å²) in [6, 6.07) is 48.6.